The minimum Gasteiger partial charge on any atom is -0.475 e. The van der Waals surface area contributed by atoms with E-state index in [4.69, 9.17) is 5.11 Å². The predicted octanol–water partition coefficient (Wildman–Crippen LogP) is 0.349. The summed E-state index contributed by atoms with van der Waals surface area (Å²) in [5, 5.41) is 8.26. The molecule has 0 aliphatic carbocycles. The first-order valence-corrected chi connectivity index (χ1v) is 2.89. The molecule has 56 valence electrons. The highest BCUT2D eigenvalue weighted by atomic mass is 16.4. The van der Waals surface area contributed by atoms with Crippen molar-refractivity contribution in [2.24, 2.45) is 0 Å². The van der Waals surface area contributed by atoms with Crippen LogP contribution in [-0.4, -0.2) is 21.8 Å². The van der Waals surface area contributed by atoms with Gasteiger partial charge < -0.3 is 5.11 Å². The van der Waals surface area contributed by atoms with Crippen molar-refractivity contribution < 1.29 is 14.7 Å². The molecule has 0 fully saturated rings. The van der Waals surface area contributed by atoms with Gasteiger partial charge in [0, 0.05) is 18.0 Å². The van der Waals surface area contributed by atoms with Gasteiger partial charge in [-0.3, -0.25) is 9.78 Å². The summed E-state index contributed by atoms with van der Waals surface area (Å²) >= 11 is 0. The van der Waals surface area contributed by atoms with Crippen LogP contribution >= 0.6 is 0 Å². The highest BCUT2D eigenvalue weighted by molar-refractivity contribution is 6.39. The second-order valence-corrected chi connectivity index (χ2v) is 1.88. The number of aliphatic carboxylic acids is 1. The maximum atomic E-state index is 10.7. The molecule has 0 saturated carbocycles. The largest absolute Gasteiger partial charge is 0.475 e. The topological polar surface area (TPSA) is 67.3 Å². The number of aromatic nitrogens is 1. The van der Waals surface area contributed by atoms with Gasteiger partial charge in [0.2, 0.25) is 0 Å². The maximum Gasteiger partial charge on any atom is 0.377 e. The van der Waals surface area contributed by atoms with Crippen molar-refractivity contribution in [3.63, 3.8) is 0 Å². The molecule has 0 aromatic carbocycles. The zero-order valence-electron chi connectivity index (χ0n) is 5.52. The van der Waals surface area contributed by atoms with Gasteiger partial charge in [0.1, 0.15) is 0 Å². The van der Waals surface area contributed by atoms with Gasteiger partial charge >= 0.3 is 5.97 Å². The Morgan fingerprint density at radius 3 is 2.64 bits per heavy atom. The van der Waals surface area contributed by atoms with Gasteiger partial charge in [-0.15, -0.1) is 0 Å². The van der Waals surface area contributed by atoms with E-state index in [0.717, 1.165) is 0 Å². The summed E-state index contributed by atoms with van der Waals surface area (Å²) in [6, 6.07) is 2.92. The third kappa shape index (κ3) is 1.61. The molecular formula is C7H5NO3. The predicted molar refractivity (Wildman–Crippen MR) is 36.2 cm³/mol. The Hall–Kier alpha value is -1.71. The summed E-state index contributed by atoms with van der Waals surface area (Å²) in [6.07, 6.45) is 2.69. The third-order valence-corrected chi connectivity index (χ3v) is 1.12. The highest BCUT2D eigenvalue weighted by Crippen LogP contribution is 1.96. The van der Waals surface area contributed by atoms with Gasteiger partial charge in [-0.05, 0) is 12.1 Å². The number of rotatable bonds is 2. The quantitative estimate of drug-likeness (QED) is 0.489. The standard InChI is InChI=1S/C7H5NO3/c9-6(7(10)11)5-2-1-3-8-4-5/h1-4H,(H,10,11). The molecule has 0 bridgehead atoms. The van der Waals surface area contributed by atoms with Crippen molar-refractivity contribution in [3.05, 3.63) is 30.1 Å². The second kappa shape index (κ2) is 2.92. The molecule has 1 aromatic rings. The summed E-state index contributed by atoms with van der Waals surface area (Å²) in [4.78, 5) is 24.4. The number of carboxylic acids is 1. The zero-order chi connectivity index (χ0) is 8.27. The lowest BCUT2D eigenvalue weighted by atomic mass is 10.2. The Kier molecular flexibility index (Phi) is 1.96. The van der Waals surface area contributed by atoms with Gasteiger partial charge in [0.25, 0.3) is 5.78 Å². The third-order valence-electron chi connectivity index (χ3n) is 1.12. The van der Waals surface area contributed by atoms with Crippen LogP contribution in [0.25, 0.3) is 0 Å². The number of pyridine rings is 1. The molecule has 0 radical (unpaired) electrons. The summed E-state index contributed by atoms with van der Waals surface area (Å²) < 4.78 is 0. The minimum atomic E-state index is -1.46. The number of hydrogen-bond donors (Lipinski definition) is 1. The molecule has 0 amide bonds. The summed E-state index contributed by atoms with van der Waals surface area (Å²) in [7, 11) is 0. The zero-order valence-corrected chi connectivity index (χ0v) is 5.52. The second-order valence-electron chi connectivity index (χ2n) is 1.88. The van der Waals surface area contributed by atoms with E-state index in [1.165, 1.54) is 24.5 Å². The molecule has 0 atom stereocenters. The van der Waals surface area contributed by atoms with Crippen LogP contribution in [0.4, 0.5) is 0 Å². The Morgan fingerprint density at radius 1 is 1.45 bits per heavy atom. The number of carboxylic acid groups (broad SMARTS) is 1. The van der Waals surface area contributed by atoms with Crippen LogP contribution in [0, 0.1) is 0 Å². The van der Waals surface area contributed by atoms with Crippen LogP contribution in [0.1, 0.15) is 10.4 Å². The first-order valence-electron chi connectivity index (χ1n) is 2.89. The van der Waals surface area contributed by atoms with Crippen LogP contribution < -0.4 is 0 Å². The molecule has 0 saturated heterocycles. The van der Waals surface area contributed by atoms with E-state index >= 15 is 0 Å². The van der Waals surface area contributed by atoms with Gasteiger partial charge in [0.05, 0.1) is 0 Å². The van der Waals surface area contributed by atoms with E-state index in [1.807, 2.05) is 0 Å². The van der Waals surface area contributed by atoms with E-state index in [-0.39, 0.29) is 5.56 Å². The summed E-state index contributed by atoms with van der Waals surface area (Å²) in [6.45, 7) is 0. The van der Waals surface area contributed by atoms with Crippen LogP contribution in [0.5, 0.6) is 0 Å². The minimum absolute atomic E-state index is 0.0972. The summed E-state index contributed by atoms with van der Waals surface area (Å²) in [5.41, 5.74) is 0.0972. The number of carbonyl (C=O) groups excluding carboxylic acids is 1. The molecule has 1 heterocycles. The Bertz CT molecular complexity index is 281. The Balaban J connectivity index is 2.95. The molecule has 1 aromatic heterocycles. The van der Waals surface area contributed by atoms with Crippen molar-refractivity contribution in [2.45, 2.75) is 0 Å². The molecule has 0 aliphatic rings. The Morgan fingerprint density at radius 2 is 2.18 bits per heavy atom. The van der Waals surface area contributed by atoms with Crippen molar-refractivity contribution in [2.75, 3.05) is 0 Å². The molecular weight excluding hydrogens is 146 g/mol. The number of carbonyl (C=O) groups is 2. The average Bonchev–Trinajstić information content (AvgIpc) is 2.05. The van der Waals surface area contributed by atoms with Crippen molar-refractivity contribution in [1.29, 1.82) is 0 Å². The van der Waals surface area contributed by atoms with Crippen LogP contribution in [0.15, 0.2) is 24.5 Å². The summed E-state index contributed by atoms with van der Waals surface area (Å²) in [5.74, 6) is -2.39. The van der Waals surface area contributed by atoms with E-state index in [1.54, 1.807) is 0 Å². The van der Waals surface area contributed by atoms with E-state index in [2.05, 4.69) is 4.98 Å². The molecule has 1 rings (SSSR count). The van der Waals surface area contributed by atoms with E-state index < -0.39 is 11.8 Å². The van der Waals surface area contributed by atoms with Crippen LogP contribution in [0.2, 0.25) is 0 Å². The number of Topliss-reactive ketones (excluding diaryl/α,β-unsaturated/α-hetero) is 1. The van der Waals surface area contributed by atoms with Crippen LogP contribution in [0.3, 0.4) is 0 Å². The highest BCUT2D eigenvalue weighted by Gasteiger charge is 2.13. The fourth-order valence-corrected chi connectivity index (χ4v) is 0.621. The molecule has 0 unspecified atom stereocenters. The van der Waals surface area contributed by atoms with Crippen LogP contribution in [-0.2, 0) is 4.79 Å². The molecule has 1 N–H and O–H groups in total. The lowest BCUT2D eigenvalue weighted by Crippen LogP contribution is -2.12. The van der Waals surface area contributed by atoms with Crippen molar-refractivity contribution in [1.82, 2.24) is 4.98 Å². The first kappa shape index (κ1) is 7.40. The molecule has 0 aliphatic heterocycles. The fraction of sp³-hybridized carbons (Fsp3) is 0. The smallest absolute Gasteiger partial charge is 0.377 e. The van der Waals surface area contributed by atoms with Gasteiger partial charge in [-0.1, -0.05) is 0 Å². The molecule has 4 nitrogen and oxygen atoms in total. The van der Waals surface area contributed by atoms with Gasteiger partial charge in [-0.25, -0.2) is 4.79 Å². The first-order chi connectivity index (χ1) is 5.22. The normalized spacial score (nSPS) is 9.09. The Labute approximate surface area is 62.5 Å². The van der Waals surface area contributed by atoms with Crippen molar-refractivity contribution in [3.8, 4) is 0 Å². The van der Waals surface area contributed by atoms with Gasteiger partial charge in [0.15, 0.2) is 0 Å². The fourth-order valence-electron chi connectivity index (χ4n) is 0.621. The molecule has 0 spiro atoms. The molecule has 11 heavy (non-hydrogen) atoms. The van der Waals surface area contributed by atoms with E-state index in [0.29, 0.717) is 0 Å². The monoisotopic (exact) mass is 151 g/mol. The number of nitrogens with zero attached hydrogens (tertiary/aromatic N) is 1. The SMILES string of the molecule is O=C(O)C(=O)c1cccnc1. The van der Waals surface area contributed by atoms with Crippen molar-refractivity contribution >= 4 is 11.8 Å². The van der Waals surface area contributed by atoms with Gasteiger partial charge in [-0.2, -0.15) is 0 Å². The number of hydrogen-bond acceptors (Lipinski definition) is 3. The molecule has 4 heteroatoms. The maximum absolute atomic E-state index is 10.7. The lowest BCUT2D eigenvalue weighted by molar-refractivity contribution is -0.131. The number of ketones is 1. The lowest BCUT2D eigenvalue weighted by Gasteiger charge is -1.91. The average molecular weight is 151 g/mol. The van der Waals surface area contributed by atoms with E-state index in [9.17, 15) is 9.59 Å².